The zero-order valence-corrected chi connectivity index (χ0v) is 9.89. The van der Waals surface area contributed by atoms with Crippen LogP contribution in [0.2, 0.25) is 0 Å². The van der Waals surface area contributed by atoms with E-state index in [0.29, 0.717) is 12.1 Å². The van der Waals surface area contributed by atoms with Crippen molar-refractivity contribution in [3.63, 3.8) is 0 Å². The molecule has 2 rings (SSSR count). The van der Waals surface area contributed by atoms with Crippen molar-refractivity contribution in [2.45, 2.75) is 38.3 Å². The fraction of sp³-hybridized carbons (Fsp3) is 0.500. The van der Waals surface area contributed by atoms with Gasteiger partial charge in [-0.1, -0.05) is 6.08 Å². The monoisotopic (exact) mass is 216 g/mol. The molecule has 1 aromatic heterocycles. The predicted molar refractivity (Wildman–Crippen MR) is 67.1 cm³/mol. The van der Waals surface area contributed by atoms with E-state index in [1.807, 2.05) is 18.5 Å². The lowest BCUT2D eigenvalue weighted by atomic mass is 10.0. The Labute approximate surface area is 97.8 Å². The summed E-state index contributed by atoms with van der Waals surface area (Å²) in [6, 6.07) is 5.16. The van der Waals surface area contributed by atoms with Crippen molar-refractivity contribution in [2.75, 3.05) is 0 Å². The molecule has 0 spiro atoms. The Balaban J connectivity index is 2.01. The average molecular weight is 216 g/mol. The Morgan fingerprint density at radius 1 is 1.50 bits per heavy atom. The molecule has 1 aromatic rings. The molecule has 2 nitrogen and oxygen atoms in total. The maximum absolute atomic E-state index is 4.06. The lowest BCUT2D eigenvalue weighted by Crippen LogP contribution is -2.31. The second kappa shape index (κ2) is 5.26. The van der Waals surface area contributed by atoms with E-state index >= 15 is 0 Å². The largest absolute Gasteiger partial charge is 0.307 e. The number of pyridine rings is 1. The van der Waals surface area contributed by atoms with Crippen molar-refractivity contribution in [1.29, 1.82) is 0 Å². The van der Waals surface area contributed by atoms with Gasteiger partial charge in [-0.2, -0.15) is 0 Å². The molecule has 1 aliphatic carbocycles. The first-order chi connectivity index (χ1) is 7.81. The Morgan fingerprint density at radius 2 is 2.19 bits per heavy atom. The molecule has 1 N–H and O–H groups in total. The van der Waals surface area contributed by atoms with Crippen LogP contribution in [0.3, 0.4) is 0 Å². The standard InChI is InChI=1S/C14H20N2/c1-3-4-14(13-7-9-15-10-8-13)16-11(2)12-5-6-12/h3,7-12,14,16H,1,4-6H2,2H3. The van der Waals surface area contributed by atoms with E-state index < -0.39 is 0 Å². The summed E-state index contributed by atoms with van der Waals surface area (Å²) < 4.78 is 0. The highest BCUT2D eigenvalue weighted by molar-refractivity contribution is 5.16. The van der Waals surface area contributed by atoms with E-state index in [0.717, 1.165) is 12.3 Å². The zero-order chi connectivity index (χ0) is 11.4. The van der Waals surface area contributed by atoms with Crippen LogP contribution >= 0.6 is 0 Å². The lowest BCUT2D eigenvalue weighted by Gasteiger charge is -2.22. The third-order valence-electron chi connectivity index (χ3n) is 3.30. The van der Waals surface area contributed by atoms with Gasteiger partial charge in [0.2, 0.25) is 0 Å². The summed E-state index contributed by atoms with van der Waals surface area (Å²) in [5.41, 5.74) is 1.31. The maximum atomic E-state index is 4.06. The summed E-state index contributed by atoms with van der Waals surface area (Å²) in [4.78, 5) is 4.06. The lowest BCUT2D eigenvalue weighted by molar-refractivity contribution is 0.424. The smallest absolute Gasteiger partial charge is 0.0358 e. The molecule has 1 heterocycles. The van der Waals surface area contributed by atoms with Gasteiger partial charge in [-0.25, -0.2) is 0 Å². The van der Waals surface area contributed by atoms with Crippen LogP contribution in [0.4, 0.5) is 0 Å². The summed E-state index contributed by atoms with van der Waals surface area (Å²) in [5.74, 6) is 0.883. The Bertz CT molecular complexity index is 330. The molecule has 86 valence electrons. The minimum Gasteiger partial charge on any atom is -0.307 e. The summed E-state index contributed by atoms with van der Waals surface area (Å²) in [6.07, 6.45) is 9.43. The molecule has 0 amide bonds. The summed E-state index contributed by atoms with van der Waals surface area (Å²) >= 11 is 0. The number of nitrogens with one attached hydrogen (secondary N) is 1. The highest BCUT2D eigenvalue weighted by Crippen LogP contribution is 2.33. The maximum Gasteiger partial charge on any atom is 0.0358 e. The van der Waals surface area contributed by atoms with Gasteiger partial charge in [-0.05, 0) is 49.8 Å². The van der Waals surface area contributed by atoms with E-state index in [-0.39, 0.29) is 0 Å². The van der Waals surface area contributed by atoms with Gasteiger partial charge in [0.15, 0.2) is 0 Å². The van der Waals surface area contributed by atoms with Crippen LogP contribution in [0, 0.1) is 5.92 Å². The fourth-order valence-corrected chi connectivity index (χ4v) is 2.11. The van der Waals surface area contributed by atoms with Crippen LogP contribution in [0.1, 0.15) is 37.8 Å². The number of aromatic nitrogens is 1. The van der Waals surface area contributed by atoms with Crippen molar-refractivity contribution < 1.29 is 0 Å². The Kier molecular flexibility index (Phi) is 3.73. The van der Waals surface area contributed by atoms with Gasteiger partial charge in [0.1, 0.15) is 0 Å². The molecule has 1 aliphatic rings. The quantitative estimate of drug-likeness (QED) is 0.739. The first-order valence-corrected chi connectivity index (χ1v) is 6.08. The van der Waals surface area contributed by atoms with Crippen LogP contribution in [0.25, 0.3) is 0 Å². The van der Waals surface area contributed by atoms with Gasteiger partial charge in [0, 0.05) is 24.5 Å². The molecule has 1 fully saturated rings. The fourth-order valence-electron chi connectivity index (χ4n) is 2.11. The van der Waals surface area contributed by atoms with Crippen LogP contribution in [0.5, 0.6) is 0 Å². The molecule has 0 radical (unpaired) electrons. The molecule has 0 bridgehead atoms. The van der Waals surface area contributed by atoms with Crippen molar-refractivity contribution >= 4 is 0 Å². The summed E-state index contributed by atoms with van der Waals surface area (Å²) in [6.45, 7) is 6.12. The second-order valence-corrected chi connectivity index (χ2v) is 4.65. The molecule has 2 heteroatoms. The normalized spacial score (nSPS) is 19.1. The molecular formula is C14H20N2. The topological polar surface area (TPSA) is 24.9 Å². The SMILES string of the molecule is C=CCC(NC(C)C1CC1)c1ccncc1. The molecule has 0 saturated heterocycles. The van der Waals surface area contributed by atoms with Crippen LogP contribution < -0.4 is 5.32 Å². The van der Waals surface area contributed by atoms with E-state index in [2.05, 4.69) is 35.9 Å². The van der Waals surface area contributed by atoms with Gasteiger partial charge in [0.25, 0.3) is 0 Å². The molecule has 16 heavy (non-hydrogen) atoms. The van der Waals surface area contributed by atoms with Gasteiger partial charge < -0.3 is 5.32 Å². The third-order valence-corrected chi connectivity index (χ3v) is 3.30. The number of nitrogens with zero attached hydrogens (tertiary/aromatic N) is 1. The van der Waals surface area contributed by atoms with Gasteiger partial charge in [-0.3, -0.25) is 4.98 Å². The van der Waals surface area contributed by atoms with Crippen LogP contribution in [-0.4, -0.2) is 11.0 Å². The Morgan fingerprint density at radius 3 is 2.75 bits per heavy atom. The molecule has 2 unspecified atom stereocenters. The van der Waals surface area contributed by atoms with Crippen molar-refractivity contribution in [3.05, 3.63) is 42.7 Å². The average Bonchev–Trinajstić information content (AvgIpc) is 3.13. The first kappa shape index (κ1) is 11.3. The van der Waals surface area contributed by atoms with Crippen LogP contribution in [0.15, 0.2) is 37.2 Å². The molecular weight excluding hydrogens is 196 g/mol. The van der Waals surface area contributed by atoms with E-state index in [1.54, 1.807) is 0 Å². The van der Waals surface area contributed by atoms with Crippen LogP contribution in [-0.2, 0) is 0 Å². The highest BCUT2D eigenvalue weighted by atomic mass is 15.0. The van der Waals surface area contributed by atoms with Gasteiger partial charge in [-0.15, -0.1) is 6.58 Å². The number of hydrogen-bond acceptors (Lipinski definition) is 2. The van der Waals surface area contributed by atoms with E-state index in [1.165, 1.54) is 18.4 Å². The molecule has 0 aliphatic heterocycles. The molecule has 2 atom stereocenters. The predicted octanol–water partition coefficient (Wildman–Crippen LogP) is 3.09. The molecule has 1 saturated carbocycles. The summed E-state index contributed by atoms with van der Waals surface area (Å²) in [5, 5.41) is 3.70. The Hall–Kier alpha value is -1.15. The number of rotatable bonds is 6. The zero-order valence-electron chi connectivity index (χ0n) is 9.89. The van der Waals surface area contributed by atoms with Gasteiger partial charge in [0.05, 0.1) is 0 Å². The van der Waals surface area contributed by atoms with E-state index in [9.17, 15) is 0 Å². The summed E-state index contributed by atoms with van der Waals surface area (Å²) in [7, 11) is 0. The highest BCUT2D eigenvalue weighted by Gasteiger charge is 2.29. The minimum absolute atomic E-state index is 0.385. The van der Waals surface area contributed by atoms with Crippen molar-refractivity contribution in [1.82, 2.24) is 10.3 Å². The van der Waals surface area contributed by atoms with Crippen molar-refractivity contribution in [2.24, 2.45) is 5.92 Å². The van der Waals surface area contributed by atoms with Crippen molar-refractivity contribution in [3.8, 4) is 0 Å². The molecule has 0 aromatic carbocycles. The third kappa shape index (κ3) is 2.92. The minimum atomic E-state index is 0.385. The van der Waals surface area contributed by atoms with Gasteiger partial charge >= 0.3 is 0 Å². The number of hydrogen-bond donors (Lipinski definition) is 1. The first-order valence-electron chi connectivity index (χ1n) is 6.08. The second-order valence-electron chi connectivity index (χ2n) is 4.65. The van der Waals surface area contributed by atoms with E-state index in [4.69, 9.17) is 0 Å².